The van der Waals surface area contributed by atoms with Gasteiger partial charge in [-0.25, -0.2) is 4.79 Å². The van der Waals surface area contributed by atoms with E-state index in [0.717, 1.165) is 15.6 Å². The first-order valence-electron chi connectivity index (χ1n) is 6.20. The summed E-state index contributed by atoms with van der Waals surface area (Å²) in [4.78, 5) is 11.3. The maximum Gasteiger partial charge on any atom is 0.330 e. The fourth-order valence-electron chi connectivity index (χ4n) is 1.56. The number of halogens is 1. The van der Waals surface area contributed by atoms with E-state index in [9.17, 15) is 4.79 Å². The largest absolute Gasteiger partial charge is 0.463 e. The molecule has 0 bridgehead atoms. The highest BCUT2D eigenvalue weighted by Gasteiger charge is 2.16. The molecule has 0 aliphatic carbocycles. The van der Waals surface area contributed by atoms with Crippen molar-refractivity contribution in [2.24, 2.45) is 0 Å². The number of carbonyl (C=O) groups excluding carboxylic acids is 1. The molecular formula is C15H20BrNO2. The van der Waals surface area contributed by atoms with Gasteiger partial charge in [-0.2, -0.15) is 0 Å². The molecule has 0 aromatic heterocycles. The van der Waals surface area contributed by atoms with Crippen molar-refractivity contribution in [1.29, 1.82) is 0 Å². The lowest BCUT2D eigenvalue weighted by Gasteiger charge is -2.21. The van der Waals surface area contributed by atoms with Crippen LogP contribution in [0.15, 0.2) is 22.7 Å². The first-order chi connectivity index (χ1) is 8.75. The first-order valence-corrected chi connectivity index (χ1v) is 6.99. The summed E-state index contributed by atoms with van der Waals surface area (Å²) in [6.45, 7) is 8.53. The standard InChI is InChI=1S/C15H20BrNO2/c1-5-19-13(18)7-6-10-8-11(15(2,3)4)9-12(16)14(10)17/h6-9H,5,17H2,1-4H3/b7-6+. The summed E-state index contributed by atoms with van der Waals surface area (Å²) in [7, 11) is 0. The molecule has 1 rings (SSSR count). The Hall–Kier alpha value is -1.29. The molecule has 0 atom stereocenters. The molecule has 0 aliphatic heterocycles. The van der Waals surface area contributed by atoms with Crippen LogP contribution in [0.4, 0.5) is 5.69 Å². The van der Waals surface area contributed by atoms with E-state index < -0.39 is 0 Å². The Kier molecular flexibility index (Phi) is 5.18. The first kappa shape index (κ1) is 15.8. The lowest BCUT2D eigenvalue weighted by Crippen LogP contribution is -2.12. The van der Waals surface area contributed by atoms with Gasteiger partial charge in [-0.1, -0.05) is 20.8 Å². The van der Waals surface area contributed by atoms with Crippen LogP contribution < -0.4 is 5.73 Å². The normalized spacial score (nSPS) is 11.8. The fraction of sp³-hybridized carbons (Fsp3) is 0.400. The Balaban J connectivity index is 3.13. The predicted octanol–water partition coefficient (Wildman–Crippen LogP) is 3.91. The van der Waals surface area contributed by atoms with Crippen molar-refractivity contribution in [1.82, 2.24) is 0 Å². The molecule has 1 aromatic rings. The minimum Gasteiger partial charge on any atom is -0.463 e. The molecule has 2 N–H and O–H groups in total. The summed E-state index contributed by atoms with van der Waals surface area (Å²) in [5.74, 6) is -0.362. The number of nitrogen functional groups attached to an aromatic ring is 1. The number of carbonyl (C=O) groups is 1. The smallest absolute Gasteiger partial charge is 0.330 e. The molecule has 0 radical (unpaired) electrons. The highest BCUT2D eigenvalue weighted by atomic mass is 79.9. The highest BCUT2D eigenvalue weighted by molar-refractivity contribution is 9.10. The molecule has 19 heavy (non-hydrogen) atoms. The fourth-order valence-corrected chi connectivity index (χ4v) is 2.03. The zero-order chi connectivity index (χ0) is 14.6. The second-order valence-electron chi connectivity index (χ2n) is 5.30. The van der Waals surface area contributed by atoms with Crippen LogP contribution in [-0.2, 0) is 14.9 Å². The van der Waals surface area contributed by atoms with Crippen LogP contribution >= 0.6 is 15.9 Å². The van der Waals surface area contributed by atoms with Gasteiger partial charge < -0.3 is 10.5 Å². The monoisotopic (exact) mass is 325 g/mol. The van der Waals surface area contributed by atoms with Crippen molar-refractivity contribution >= 4 is 33.7 Å². The van der Waals surface area contributed by atoms with Crippen LogP contribution in [0.25, 0.3) is 6.08 Å². The van der Waals surface area contributed by atoms with Crippen LogP contribution in [-0.4, -0.2) is 12.6 Å². The summed E-state index contributed by atoms with van der Waals surface area (Å²) in [6, 6.07) is 4.01. The quantitative estimate of drug-likeness (QED) is 0.521. The maximum atomic E-state index is 11.3. The summed E-state index contributed by atoms with van der Waals surface area (Å²) >= 11 is 3.45. The van der Waals surface area contributed by atoms with Gasteiger partial charge in [-0.05, 0) is 57.6 Å². The summed E-state index contributed by atoms with van der Waals surface area (Å²) in [6.07, 6.45) is 3.08. The molecule has 4 heteroatoms. The van der Waals surface area contributed by atoms with Crippen molar-refractivity contribution in [2.45, 2.75) is 33.1 Å². The SMILES string of the molecule is CCOC(=O)/C=C/c1cc(C(C)(C)C)cc(Br)c1N. The van der Waals surface area contributed by atoms with E-state index in [4.69, 9.17) is 10.5 Å². The Morgan fingerprint density at radius 3 is 2.58 bits per heavy atom. The average molecular weight is 326 g/mol. The molecule has 0 spiro atoms. The third-order valence-electron chi connectivity index (χ3n) is 2.71. The Labute approximate surface area is 123 Å². The van der Waals surface area contributed by atoms with E-state index in [1.807, 2.05) is 12.1 Å². The maximum absolute atomic E-state index is 11.3. The van der Waals surface area contributed by atoms with Crippen LogP contribution in [0.3, 0.4) is 0 Å². The van der Waals surface area contributed by atoms with E-state index >= 15 is 0 Å². The molecule has 3 nitrogen and oxygen atoms in total. The van der Waals surface area contributed by atoms with Gasteiger partial charge >= 0.3 is 5.97 Å². The topological polar surface area (TPSA) is 52.3 Å². The van der Waals surface area contributed by atoms with Crippen molar-refractivity contribution < 1.29 is 9.53 Å². The number of hydrogen-bond donors (Lipinski definition) is 1. The molecular weight excluding hydrogens is 306 g/mol. The Morgan fingerprint density at radius 1 is 1.42 bits per heavy atom. The minimum atomic E-state index is -0.362. The summed E-state index contributed by atoms with van der Waals surface area (Å²) in [5, 5.41) is 0. The molecule has 0 amide bonds. The number of rotatable bonds is 3. The zero-order valence-corrected chi connectivity index (χ0v) is 13.4. The lowest BCUT2D eigenvalue weighted by atomic mass is 9.86. The van der Waals surface area contributed by atoms with Gasteiger partial charge in [0, 0.05) is 10.5 Å². The van der Waals surface area contributed by atoms with E-state index in [0.29, 0.717) is 12.3 Å². The number of anilines is 1. The number of ether oxygens (including phenoxy) is 1. The molecule has 0 aliphatic rings. The zero-order valence-electron chi connectivity index (χ0n) is 11.8. The van der Waals surface area contributed by atoms with Crippen LogP contribution in [0.2, 0.25) is 0 Å². The molecule has 0 heterocycles. The van der Waals surface area contributed by atoms with E-state index in [1.54, 1.807) is 13.0 Å². The lowest BCUT2D eigenvalue weighted by molar-refractivity contribution is -0.137. The average Bonchev–Trinajstić information content (AvgIpc) is 2.30. The second kappa shape index (κ2) is 6.24. The third kappa shape index (κ3) is 4.39. The molecule has 1 aromatic carbocycles. The van der Waals surface area contributed by atoms with Crippen LogP contribution in [0.1, 0.15) is 38.8 Å². The van der Waals surface area contributed by atoms with Gasteiger partial charge in [0.1, 0.15) is 0 Å². The van der Waals surface area contributed by atoms with E-state index in [2.05, 4.69) is 36.7 Å². The van der Waals surface area contributed by atoms with Crippen LogP contribution in [0, 0.1) is 0 Å². The van der Waals surface area contributed by atoms with E-state index in [-0.39, 0.29) is 11.4 Å². The van der Waals surface area contributed by atoms with Crippen LogP contribution in [0.5, 0.6) is 0 Å². The van der Waals surface area contributed by atoms with Crippen molar-refractivity contribution in [3.63, 3.8) is 0 Å². The third-order valence-corrected chi connectivity index (χ3v) is 3.37. The van der Waals surface area contributed by atoms with Crippen molar-refractivity contribution in [3.05, 3.63) is 33.8 Å². The highest BCUT2D eigenvalue weighted by Crippen LogP contribution is 2.32. The number of benzene rings is 1. The molecule has 104 valence electrons. The van der Waals surface area contributed by atoms with Gasteiger partial charge in [-0.15, -0.1) is 0 Å². The van der Waals surface area contributed by atoms with Gasteiger partial charge in [0.2, 0.25) is 0 Å². The Morgan fingerprint density at radius 2 is 2.05 bits per heavy atom. The van der Waals surface area contributed by atoms with Gasteiger partial charge in [0.05, 0.1) is 12.3 Å². The number of esters is 1. The summed E-state index contributed by atoms with van der Waals surface area (Å²) < 4.78 is 5.69. The number of nitrogens with two attached hydrogens (primary N) is 1. The van der Waals surface area contributed by atoms with Gasteiger partial charge in [-0.3, -0.25) is 0 Å². The Bertz CT molecular complexity index is 502. The van der Waals surface area contributed by atoms with Gasteiger partial charge in [0.25, 0.3) is 0 Å². The minimum absolute atomic E-state index is 0.0166. The molecule has 0 fully saturated rings. The molecule has 0 unspecified atom stereocenters. The second-order valence-corrected chi connectivity index (χ2v) is 6.15. The molecule has 0 saturated carbocycles. The predicted molar refractivity (Wildman–Crippen MR) is 82.9 cm³/mol. The molecule has 0 saturated heterocycles. The summed E-state index contributed by atoms with van der Waals surface area (Å²) in [5.41, 5.74) is 8.60. The van der Waals surface area contributed by atoms with Crippen molar-refractivity contribution in [2.75, 3.05) is 12.3 Å². The van der Waals surface area contributed by atoms with E-state index in [1.165, 1.54) is 6.08 Å². The van der Waals surface area contributed by atoms with Crippen molar-refractivity contribution in [3.8, 4) is 0 Å². The number of hydrogen-bond acceptors (Lipinski definition) is 3. The van der Waals surface area contributed by atoms with Gasteiger partial charge in [0.15, 0.2) is 0 Å².